The molecule has 3 aromatic heterocycles. The van der Waals surface area contributed by atoms with Crippen molar-refractivity contribution in [1.29, 1.82) is 0 Å². The molecule has 0 fully saturated rings. The number of alkyl halides is 3. The van der Waals surface area contributed by atoms with Crippen LogP contribution in [0, 0.1) is 12.3 Å². The molecule has 0 bridgehead atoms. The summed E-state index contributed by atoms with van der Waals surface area (Å²) in [6, 6.07) is 8.97. The van der Waals surface area contributed by atoms with Gasteiger partial charge in [-0.1, -0.05) is 26.8 Å². The summed E-state index contributed by atoms with van der Waals surface area (Å²) in [6.07, 6.45) is -2.16. The molecule has 1 N–H and O–H groups in total. The third-order valence-corrected chi connectivity index (χ3v) is 6.00. The summed E-state index contributed by atoms with van der Waals surface area (Å²) in [5.74, 6) is 0.457. The molecule has 5 nitrogen and oxygen atoms in total. The van der Waals surface area contributed by atoms with Crippen molar-refractivity contribution < 1.29 is 18.0 Å². The second kappa shape index (κ2) is 7.88. The molecule has 4 aromatic rings. The number of hydrogen-bond donors (Lipinski definition) is 1. The van der Waals surface area contributed by atoms with Gasteiger partial charge in [0.1, 0.15) is 5.82 Å². The summed E-state index contributed by atoms with van der Waals surface area (Å²) >= 11 is 0.650. The molecule has 0 aliphatic carbocycles. The topological polar surface area (TPSA) is 59.8 Å². The van der Waals surface area contributed by atoms with Crippen molar-refractivity contribution in [2.24, 2.45) is 5.41 Å². The lowest BCUT2D eigenvalue weighted by Crippen LogP contribution is -2.20. The number of halogens is 3. The van der Waals surface area contributed by atoms with Gasteiger partial charge in [-0.15, -0.1) is 11.3 Å². The van der Waals surface area contributed by atoms with Crippen molar-refractivity contribution in [1.82, 2.24) is 14.5 Å². The highest BCUT2D eigenvalue weighted by atomic mass is 32.1. The highest BCUT2D eigenvalue weighted by Crippen LogP contribution is 2.36. The molecule has 0 saturated heterocycles. The second-order valence-corrected chi connectivity index (χ2v) is 10.1. The number of hydrogen-bond acceptors (Lipinski definition) is 4. The van der Waals surface area contributed by atoms with E-state index < -0.39 is 11.2 Å². The van der Waals surface area contributed by atoms with Crippen molar-refractivity contribution in [2.75, 3.05) is 5.32 Å². The smallest absolute Gasteiger partial charge is 0.342 e. The third-order valence-electron chi connectivity index (χ3n) is 4.94. The number of benzene rings is 1. The predicted octanol–water partition coefficient (Wildman–Crippen LogP) is 6.40. The first-order chi connectivity index (χ1) is 14.9. The van der Waals surface area contributed by atoms with E-state index in [0.717, 1.165) is 22.2 Å². The van der Waals surface area contributed by atoms with Gasteiger partial charge in [0.05, 0.1) is 21.3 Å². The normalized spacial score (nSPS) is 12.6. The Balaban J connectivity index is 1.59. The number of fused-ring (bicyclic) bond motifs is 2. The lowest BCUT2D eigenvalue weighted by molar-refractivity contribution is -0.137. The number of thiazole rings is 1. The summed E-state index contributed by atoms with van der Waals surface area (Å²) in [6.45, 7) is 8.38. The number of pyridine rings is 1. The van der Waals surface area contributed by atoms with Gasteiger partial charge in [-0.25, -0.2) is 9.97 Å². The Morgan fingerprint density at radius 3 is 2.53 bits per heavy atom. The monoisotopic (exact) mass is 460 g/mol. The van der Waals surface area contributed by atoms with Crippen LogP contribution in [0.1, 0.15) is 43.3 Å². The zero-order chi connectivity index (χ0) is 23.3. The molecule has 168 valence electrons. The molecule has 0 unspecified atom stereocenters. The van der Waals surface area contributed by atoms with E-state index in [1.165, 1.54) is 0 Å². The van der Waals surface area contributed by atoms with E-state index in [9.17, 15) is 18.0 Å². The Hall–Kier alpha value is -2.94. The standard InChI is InChI=1S/C23H23F3N4OS/c1-13-9-17-15(27-20(13)29-19(31)11-22(2,3)4)7-8-30(17)12-14-5-6-16-18(10-14)32-21(28-16)23(24,25)26/h5-10H,11-12H2,1-4H3,(H,27,29,31). The molecule has 4 rings (SSSR count). The van der Waals surface area contributed by atoms with Crippen LogP contribution in [0.5, 0.6) is 0 Å². The number of nitrogens with one attached hydrogen (secondary N) is 1. The van der Waals surface area contributed by atoms with Gasteiger partial charge in [-0.05, 0) is 47.7 Å². The fourth-order valence-electron chi connectivity index (χ4n) is 3.51. The SMILES string of the molecule is Cc1cc2c(ccn2Cc2ccc3nc(C(F)(F)F)sc3c2)nc1NC(=O)CC(C)(C)C. The lowest BCUT2D eigenvalue weighted by Gasteiger charge is -2.17. The average molecular weight is 461 g/mol. The maximum absolute atomic E-state index is 12.9. The number of aryl methyl sites for hydroxylation is 1. The number of carbonyl (C=O) groups is 1. The number of aromatic nitrogens is 3. The molecule has 0 spiro atoms. The lowest BCUT2D eigenvalue weighted by atomic mass is 9.92. The van der Waals surface area contributed by atoms with Crippen LogP contribution in [0.15, 0.2) is 36.5 Å². The first-order valence-corrected chi connectivity index (χ1v) is 10.9. The molecule has 0 atom stereocenters. The van der Waals surface area contributed by atoms with Crippen LogP contribution in [0.25, 0.3) is 21.3 Å². The summed E-state index contributed by atoms with van der Waals surface area (Å²) in [5, 5.41) is 2.06. The third kappa shape index (κ3) is 4.77. The zero-order valence-corrected chi connectivity index (χ0v) is 19.0. The molecule has 0 aliphatic heterocycles. The van der Waals surface area contributed by atoms with Crippen molar-refractivity contribution in [3.8, 4) is 0 Å². The second-order valence-electron chi connectivity index (χ2n) is 9.11. The molecule has 32 heavy (non-hydrogen) atoms. The maximum Gasteiger partial charge on any atom is 0.443 e. The first-order valence-electron chi connectivity index (χ1n) is 10.1. The van der Waals surface area contributed by atoms with Gasteiger partial charge >= 0.3 is 6.18 Å². The van der Waals surface area contributed by atoms with E-state index in [-0.39, 0.29) is 11.3 Å². The minimum absolute atomic E-state index is 0.0806. The van der Waals surface area contributed by atoms with Crippen LogP contribution in [-0.2, 0) is 17.5 Å². The first kappa shape index (κ1) is 22.3. The van der Waals surface area contributed by atoms with Gasteiger partial charge in [0, 0.05) is 19.2 Å². The van der Waals surface area contributed by atoms with Gasteiger partial charge in [0.25, 0.3) is 0 Å². The number of carbonyl (C=O) groups excluding carboxylic acids is 1. The minimum atomic E-state index is -4.44. The fraction of sp³-hybridized carbons (Fsp3) is 0.348. The average Bonchev–Trinajstić information content (AvgIpc) is 3.24. The molecule has 0 aliphatic rings. The van der Waals surface area contributed by atoms with E-state index >= 15 is 0 Å². The molecular formula is C23H23F3N4OS. The van der Waals surface area contributed by atoms with Crippen LogP contribution >= 0.6 is 11.3 Å². The Morgan fingerprint density at radius 1 is 1.09 bits per heavy atom. The summed E-state index contributed by atoms with van der Waals surface area (Å²) in [5.41, 5.74) is 3.55. The van der Waals surface area contributed by atoms with Gasteiger partial charge in [-0.2, -0.15) is 13.2 Å². The van der Waals surface area contributed by atoms with E-state index in [1.54, 1.807) is 18.2 Å². The highest BCUT2D eigenvalue weighted by Gasteiger charge is 2.34. The molecule has 1 aromatic carbocycles. The number of amides is 1. The van der Waals surface area contributed by atoms with Crippen LogP contribution in [-0.4, -0.2) is 20.4 Å². The molecule has 0 saturated carbocycles. The van der Waals surface area contributed by atoms with E-state index in [1.807, 2.05) is 50.6 Å². The quantitative estimate of drug-likeness (QED) is 0.384. The van der Waals surface area contributed by atoms with Crippen LogP contribution in [0.2, 0.25) is 0 Å². The van der Waals surface area contributed by atoms with Crippen molar-refractivity contribution >= 4 is 44.3 Å². The number of anilines is 1. The summed E-state index contributed by atoms with van der Waals surface area (Å²) in [7, 11) is 0. The molecule has 9 heteroatoms. The summed E-state index contributed by atoms with van der Waals surface area (Å²) < 4.78 is 41.3. The van der Waals surface area contributed by atoms with Crippen LogP contribution in [0.4, 0.5) is 19.0 Å². The molecule has 3 heterocycles. The van der Waals surface area contributed by atoms with Gasteiger partial charge in [0.2, 0.25) is 5.91 Å². The Labute approximate surface area is 187 Å². The van der Waals surface area contributed by atoms with Gasteiger partial charge in [-0.3, -0.25) is 4.79 Å². The molecular weight excluding hydrogens is 437 g/mol. The Morgan fingerprint density at radius 2 is 1.84 bits per heavy atom. The van der Waals surface area contributed by atoms with Crippen molar-refractivity contribution in [3.63, 3.8) is 0 Å². The largest absolute Gasteiger partial charge is 0.443 e. The van der Waals surface area contributed by atoms with Crippen molar-refractivity contribution in [3.05, 3.63) is 52.7 Å². The van der Waals surface area contributed by atoms with E-state index in [4.69, 9.17) is 0 Å². The van der Waals surface area contributed by atoms with E-state index in [0.29, 0.717) is 40.3 Å². The van der Waals surface area contributed by atoms with Crippen LogP contribution < -0.4 is 5.32 Å². The van der Waals surface area contributed by atoms with Crippen LogP contribution in [0.3, 0.4) is 0 Å². The molecule has 0 radical (unpaired) electrons. The number of rotatable bonds is 4. The zero-order valence-electron chi connectivity index (χ0n) is 18.2. The Bertz CT molecular complexity index is 1310. The van der Waals surface area contributed by atoms with Gasteiger partial charge in [0.15, 0.2) is 5.01 Å². The Kier molecular flexibility index (Phi) is 5.48. The fourth-order valence-corrected chi connectivity index (χ4v) is 4.41. The predicted molar refractivity (Wildman–Crippen MR) is 121 cm³/mol. The highest BCUT2D eigenvalue weighted by molar-refractivity contribution is 7.18. The van der Waals surface area contributed by atoms with Crippen molar-refractivity contribution in [2.45, 2.75) is 46.8 Å². The maximum atomic E-state index is 12.9. The number of nitrogens with zero attached hydrogens (tertiary/aromatic N) is 3. The summed E-state index contributed by atoms with van der Waals surface area (Å²) in [4.78, 5) is 20.6. The van der Waals surface area contributed by atoms with Gasteiger partial charge < -0.3 is 9.88 Å². The molecule has 1 amide bonds. The minimum Gasteiger partial charge on any atom is -0.342 e. The van der Waals surface area contributed by atoms with E-state index in [2.05, 4.69) is 15.3 Å².